The summed E-state index contributed by atoms with van der Waals surface area (Å²) < 4.78 is 45.5. The number of carbonyl (C=O) groups excluding carboxylic acids is 1. The van der Waals surface area contributed by atoms with Gasteiger partial charge in [0.15, 0.2) is 0 Å². The molecule has 0 spiro atoms. The van der Waals surface area contributed by atoms with Gasteiger partial charge in [0.1, 0.15) is 17.9 Å². The summed E-state index contributed by atoms with van der Waals surface area (Å²) in [5, 5.41) is 6.47. The van der Waals surface area contributed by atoms with Crippen LogP contribution in [0, 0.1) is 13.8 Å². The SMILES string of the molecule is Cc1noc(C)c1C(=O)NCc1ccc(COCC(F)(F)F)cc1. The number of nitrogens with one attached hydrogen (secondary N) is 1. The molecule has 8 heteroatoms. The van der Waals surface area contributed by atoms with Gasteiger partial charge >= 0.3 is 6.18 Å². The highest BCUT2D eigenvalue weighted by atomic mass is 19.4. The molecule has 2 rings (SSSR count). The highest BCUT2D eigenvalue weighted by Crippen LogP contribution is 2.16. The van der Waals surface area contributed by atoms with Crippen molar-refractivity contribution in [3.05, 3.63) is 52.4 Å². The van der Waals surface area contributed by atoms with Crippen LogP contribution in [0.3, 0.4) is 0 Å². The predicted octanol–water partition coefficient (Wildman–Crippen LogP) is 3.30. The number of amides is 1. The van der Waals surface area contributed by atoms with E-state index in [4.69, 9.17) is 4.52 Å². The molecule has 1 amide bonds. The Kier molecular flexibility index (Phi) is 5.61. The maximum atomic E-state index is 12.1. The number of alkyl halides is 3. The molecule has 0 radical (unpaired) electrons. The lowest BCUT2D eigenvalue weighted by Crippen LogP contribution is -2.23. The number of ether oxygens (including phenoxy) is 1. The van der Waals surface area contributed by atoms with Gasteiger partial charge in [-0.3, -0.25) is 4.79 Å². The van der Waals surface area contributed by atoms with Crippen molar-refractivity contribution in [2.24, 2.45) is 0 Å². The Morgan fingerprint density at radius 2 is 1.83 bits per heavy atom. The predicted molar refractivity (Wildman–Crippen MR) is 79.3 cm³/mol. The zero-order valence-electron chi connectivity index (χ0n) is 13.2. The van der Waals surface area contributed by atoms with Crippen molar-refractivity contribution >= 4 is 5.91 Å². The lowest BCUT2D eigenvalue weighted by molar-refractivity contribution is -0.176. The van der Waals surface area contributed by atoms with Crippen LogP contribution in [0.1, 0.15) is 32.9 Å². The van der Waals surface area contributed by atoms with Crippen LogP contribution in [0.4, 0.5) is 13.2 Å². The molecule has 24 heavy (non-hydrogen) atoms. The first-order valence-corrected chi connectivity index (χ1v) is 7.19. The Balaban J connectivity index is 1.85. The van der Waals surface area contributed by atoms with Gasteiger partial charge in [0.2, 0.25) is 0 Å². The number of rotatable bonds is 6. The van der Waals surface area contributed by atoms with Crippen LogP contribution in [0.15, 0.2) is 28.8 Å². The van der Waals surface area contributed by atoms with E-state index in [1.807, 2.05) is 0 Å². The van der Waals surface area contributed by atoms with E-state index in [-0.39, 0.29) is 19.1 Å². The number of hydrogen-bond acceptors (Lipinski definition) is 4. The molecule has 1 N–H and O–H groups in total. The fourth-order valence-electron chi connectivity index (χ4n) is 2.12. The standard InChI is InChI=1S/C16H17F3N2O3/c1-10-14(11(2)24-21-10)15(22)20-7-12-3-5-13(6-4-12)8-23-9-16(17,18)19/h3-6H,7-9H2,1-2H3,(H,20,22). The van der Waals surface area contributed by atoms with E-state index in [0.717, 1.165) is 5.56 Å². The molecule has 2 aromatic rings. The minimum atomic E-state index is -4.33. The van der Waals surface area contributed by atoms with Crippen molar-refractivity contribution < 1.29 is 27.2 Å². The number of benzene rings is 1. The highest BCUT2D eigenvalue weighted by Gasteiger charge is 2.27. The second-order valence-corrected chi connectivity index (χ2v) is 5.31. The van der Waals surface area contributed by atoms with Crippen molar-refractivity contribution in [3.63, 3.8) is 0 Å². The van der Waals surface area contributed by atoms with Crippen molar-refractivity contribution in [1.82, 2.24) is 10.5 Å². The normalized spacial score (nSPS) is 11.5. The fourth-order valence-corrected chi connectivity index (χ4v) is 2.12. The van der Waals surface area contributed by atoms with E-state index in [9.17, 15) is 18.0 Å². The summed E-state index contributed by atoms with van der Waals surface area (Å²) in [6.45, 7) is 2.23. The van der Waals surface area contributed by atoms with E-state index in [2.05, 4.69) is 15.2 Å². The van der Waals surface area contributed by atoms with Gasteiger partial charge in [-0.15, -0.1) is 0 Å². The van der Waals surface area contributed by atoms with Crippen molar-refractivity contribution in [2.75, 3.05) is 6.61 Å². The van der Waals surface area contributed by atoms with Gasteiger partial charge in [-0.05, 0) is 25.0 Å². The van der Waals surface area contributed by atoms with Crippen LogP contribution < -0.4 is 5.32 Å². The smallest absolute Gasteiger partial charge is 0.367 e. The average Bonchev–Trinajstić information content (AvgIpc) is 2.84. The zero-order valence-corrected chi connectivity index (χ0v) is 13.2. The van der Waals surface area contributed by atoms with E-state index in [0.29, 0.717) is 22.6 Å². The zero-order chi connectivity index (χ0) is 17.7. The van der Waals surface area contributed by atoms with Crippen LogP contribution in [0.2, 0.25) is 0 Å². The van der Waals surface area contributed by atoms with Crippen LogP contribution >= 0.6 is 0 Å². The van der Waals surface area contributed by atoms with Crippen molar-refractivity contribution in [2.45, 2.75) is 33.2 Å². The first-order chi connectivity index (χ1) is 11.3. The molecule has 0 saturated heterocycles. The first-order valence-electron chi connectivity index (χ1n) is 7.19. The summed E-state index contributed by atoms with van der Waals surface area (Å²) in [7, 11) is 0. The maximum Gasteiger partial charge on any atom is 0.411 e. The van der Waals surface area contributed by atoms with Crippen molar-refractivity contribution in [3.8, 4) is 0 Å². The molecular formula is C16H17F3N2O3. The van der Waals surface area contributed by atoms with Crippen molar-refractivity contribution in [1.29, 1.82) is 0 Å². The Labute approximate surface area is 136 Å². The number of aryl methyl sites for hydroxylation is 2. The van der Waals surface area contributed by atoms with E-state index < -0.39 is 12.8 Å². The Morgan fingerprint density at radius 1 is 1.21 bits per heavy atom. The topological polar surface area (TPSA) is 64.4 Å². The summed E-state index contributed by atoms with van der Waals surface area (Å²) in [5.74, 6) is 0.158. The third-order valence-corrected chi connectivity index (χ3v) is 3.27. The molecule has 0 saturated carbocycles. The molecule has 0 aliphatic heterocycles. The molecule has 0 aliphatic rings. The Morgan fingerprint density at radius 3 is 2.38 bits per heavy atom. The molecule has 1 aromatic carbocycles. The summed E-state index contributed by atoms with van der Waals surface area (Å²) >= 11 is 0. The maximum absolute atomic E-state index is 12.1. The quantitative estimate of drug-likeness (QED) is 0.875. The van der Waals surface area contributed by atoms with Crippen LogP contribution in [0.5, 0.6) is 0 Å². The van der Waals surface area contributed by atoms with Crippen LogP contribution in [0.25, 0.3) is 0 Å². The molecule has 0 fully saturated rings. The molecule has 0 unspecified atom stereocenters. The van der Waals surface area contributed by atoms with Gasteiger partial charge in [-0.25, -0.2) is 0 Å². The fraction of sp³-hybridized carbons (Fsp3) is 0.375. The molecule has 130 valence electrons. The third kappa shape index (κ3) is 5.09. The monoisotopic (exact) mass is 342 g/mol. The molecule has 0 atom stereocenters. The summed E-state index contributed by atoms with van der Waals surface area (Å²) in [5.41, 5.74) is 2.36. The van der Waals surface area contributed by atoms with Crippen LogP contribution in [-0.4, -0.2) is 23.8 Å². The summed E-state index contributed by atoms with van der Waals surface area (Å²) in [6.07, 6.45) is -4.33. The van der Waals surface area contributed by atoms with Crippen LogP contribution in [-0.2, 0) is 17.9 Å². The summed E-state index contributed by atoms with van der Waals surface area (Å²) in [4.78, 5) is 12.1. The summed E-state index contributed by atoms with van der Waals surface area (Å²) in [6, 6.07) is 6.77. The Bertz CT molecular complexity index is 674. The minimum absolute atomic E-state index is 0.120. The largest absolute Gasteiger partial charge is 0.411 e. The molecular weight excluding hydrogens is 325 g/mol. The average molecular weight is 342 g/mol. The van der Waals surface area contributed by atoms with Gasteiger partial charge in [-0.2, -0.15) is 13.2 Å². The highest BCUT2D eigenvalue weighted by molar-refractivity contribution is 5.95. The number of nitrogens with zero attached hydrogens (tertiary/aromatic N) is 1. The Hall–Kier alpha value is -2.35. The number of hydrogen-bond donors (Lipinski definition) is 1. The molecule has 0 bridgehead atoms. The van der Waals surface area contributed by atoms with Gasteiger partial charge in [0.05, 0.1) is 12.3 Å². The number of halogens is 3. The van der Waals surface area contributed by atoms with E-state index >= 15 is 0 Å². The van der Waals surface area contributed by atoms with Gasteiger partial charge in [0, 0.05) is 6.54 Å². The van der Waals surface area contributed by atoms with Gasteiger partial charge in [0.25, 0.3) is 5.91 Å². The molecule has 5 nitrogen and oxygen atoms in total. The van der Waals surface area contributed by atoms with E-state index in [1.54, 1.807) is 38.1 Å². The third-order valence-electron chi connectivity index (χ3n) is 3.27. The second-order valence-electron chi connectivity index (χ2n) is 5.31. The van der Waals surface area contributed by atoms with E-state index in [1.165, 1.54) is 0 Å². The van der Waals surface area contributed by atoms with Gasteiger partial charge in [-0.1, -0.05) is 29.4 Å². The minimum Gasteiger partial charge on any atom is -0.367 e. The van der Waals surface area contributed by atoms with Gasteiger partial charge < -0.3 is 14.6 Å². The lowest BCUT2D eigenvalue weighted by atomic mass is 10.1. The molecule has 1 aromatic heterocycles. The molecule has 0 aliphatic carbocycles. The second kappa shape index (κ2) is 7.48. The lowest BCUT2D eigenvalue weighted by Gasteiger charge is -2.09. The first kappa shape index (κ1) is 18.0. The number of carbonyl (C=O) groups is 1. The number of aromatic nitrogens is 1. The molecule has 1 heterocycles.